The van der Waals surface area contributed by atoms with Gasteiger partial charge in [-0.2, -0.15) is 0 Å². The Bertz CT molecular complexity index is 255. The van der Waals surface area contributed by atoms with Crippen molar-refractivity contribution in [3.8, 4) is 0 Å². The van der Waals surface area contributed by atoms with Gasteiger partial charge in [-0.15, -0.1) is 0 Å². The van der Waals surface area contributed by atoms with Gasteiger partial charge in [0.2, 0.25) is 0 Å². The van der Waals surface area contributed by atoms with Gasteiger partial charge in [-0.1, -0.05) is 32.1 Å². The van der Waals surface area contributed by atoms with Gasteiger partial charge in [0.25, 0.3) is 0 Å². The van der Waals surface area contributed by atoms with Crippen LogP contribution in [0.5, 0.6) is 0 Å². The van der Waals surface area contributed by atoms with Crippen molar-refractivity contribution in [1.82, 2.24) is 9.80 Å². The predicted octanol–water partition coefficient (Wildman–Crippen LogP) is 2.56. The van der Waals surface area contributed by atoms with Crippen LogP contribution in [0.3, 0.4) is 0 Å². The van der Waals surface area contributed by atoms with E-state index in [9.17, 15) is 0 Å². The minimum Gasteiger partial charge on any atom is -0.329 e. The van der Waals surface area contributed by atoms with Crippen molar-refractivity contribution in [2.24, 2.45) is 17.6 Å². The molecule has 3 nitrogen and oxygen atoms in total. The zero-order valence-electron chi connectivity index (χ0n) is 13.7. The number of likely N-dealkylation sites (N-methyl/N-ethyl adjacent to an activating group) is 1. The Morgan fingerprint density at radius 1 is 1.05 bits per heavy atom. The Hall–Kier alpha value is -0.120. The molecule has 1 aliphatic heterocycles. The van der Waals surface area contributed by atoms with Crippen molar-refractivity contribution < 1.29 is 0 Å². The molecule has 2 fully saturated rings. The van der Waals surface area contributed by atoms with Gasteiger partial charge in [0.05, 0.1) is 0 Å². The minimum absolute atomic E-state index is 0.609. The second-order valence-corrected chi connectivity index (χ2v) is 7.32. The fourth-order valence-corrected chi connectivity index (χ4v) is 4.06. The topological polar surface area (TPSA) is 32.5 Å². The SMILES string of the molecule is CN1CCC(CN(C)C(CN)CC2CCCCC2)CC1. The number of nitrogens with two attached hydrogens (primary N) is 1. The van der Waals surface area contributed by atoms with Gasteiger partial charge in [-0.3, -0.25) is 0 Å². The fourth-order valence-electron chi connectivity index (χ4n) is 4.06. The quantitative estimate of drug-likeness (QED) is 0.812. The highest BCUT2D eigenvalue weighted by Crippen LogP contribution is 2.28. The standard InChI is InChI=1S/C17H35N3/c1-19-10-8-16(9-11-19)14-20(2)17(13-18)12-15-6-4-3-5-7-15/h15-17H,3-14,18H2,1-2H3. The van der Waals surface area contributed by atoms with E-state index in [2.05, 4.69) is 23.9 Å². The van der Waals surface area contributed by atoms with E-state index in [1.54, 1.807) is 0 Å². The molecule has 118 valence electrons. The van der Waals surface area contributed by atoms with E-state index in [4.69, 9.17) is 5.73 Å². The summed E-state index contributed by atoms with van der Waals surface area (Å²) in [5.41, 5.74) is 6.07. The van der Waals surface area contributed by atoms with Crippen molar-refractivity contribution in [3.05, 3.63) is 0 Å². The molecule has 2 rings (SSSR count). The van der Waals surface area contributed by atoms with Gasteiger partial charge in [-0.25, -0.2) is 0 Å². The molecule has 1 aliphatic carbocycles. The Morgan fingerprint density at radius 3 is 2.30 bits per heavy atom. The van der Waals surface area contributed by atoms with Gasteiger partial charge >= 0.3 is 0 Å². The van der Waals surface area contributed by atoms with Gasteiger partial charge in [0, 0.05) is 19.1 Å². The number of piperidine rings is 1. The molecule has 3 heteroatoms. The van der Waals surface area contributed by atoms with Crippen LogP contribution in [0.1, 0.15) is 51.4 Å². The summed E-state index contributed by atoms with van der Waals surface area (Å²) in [6, 6.07) is 0.609. The van der Waals surface area contributed by atoms with Gasteiger partial charge in [-0.05, 0) is 58.3 Å². The summed E-state index contributed by atoms with van der Waals surface area (Å²) in [6.45, 7) is 4.63. The normalized spacial score (nSPS) is 25.2. The molecule has 2 N–H and O–H groups in total. The first-order valence-electron chi connectivity index (χ1n) is 8.78. The zero-order valence-corrected chi connectivity index (χ0v) is 13.7. The maximum absolute atomic E-state index is 6.07. The molecular weight excluding hydrogens is 246 g/mol. The van der Waals surface area contributed by atoms with Crippen LogP contribution in [-0.4, -0.2) is 56.1 Å². The van der Waals surface area contributed by atoms with Gasteiger partial charge in [0.1, 0.15) is 0 Å². The average Bonchev–Trinajstić information content (AvgIpc) is 2.48. The molecule has 0 amide bonds. The zero-order chi connectivity index (χ0) is 14.4. The molecular formula is C17H35N3. The second-order valence-electron chi connectivity index (χ2n) is 7.32. The first-order valence-corrected chi connectivity index (χ1v) is 8.78. The Kier molecular flexibility index (Phi) is 6.79. The molecule has 0 aromatic carbocycles. The lowest BCUT2D eigenvalue weighted by Crippen LogP contribution is -2.44. The number of hydrogen-bond donors (Lipinski definition) is 1. The lowest BCUT2D eigenvalue weighted by atomic mass is 9.84. The maximum atomic E-state index is 6.07. The third-order valence-electron chi connectivity index (χ3n) is 5.61. The van der Waals surface area contributed by atoms with E-state index in [1.165, 1.54) is 71.0 Å². The number of likely N-dealkylation sites (tertiary alicyclic amines) is 1. The summed E-state index contributed by atoms with van der Waals surface area (Å²) in [4.78, 5) is 5.03. The van der Waals surface area contributed by atoms with E-state index in [-0.39, 0.29) is 0 Å². The van der Waals surface area contributed by atoms with Crippen molar-refractivity contribution in [2.45, 2.75) is 57.4 Å². The van der Waals surface area contributed by atoms with Crippen molar-refractivity contribution >= 4 is 0 Å². The third kappa shape index (κ3) is 5.01. The Morgan fingerprint density at radius 2 is 1.70 bits per heavy atom. The highest BCUT2D eigenvalue weighted by Gasteiger charge is 2.24. The summed E-state index contributed by atoms with van der Waals surface area (Å²) in [5, 5.41) is 0. The van der Waals surface area contributed by atoms with Crippen LogP contribution in [-0.2, 0) is 0 Å². The molecule has 2 aliphatic rings. The molecule has 0 aromatic rings. The molecule has 1 saturated carbocycles. The molecule has 1 atom stereocenters. The van der Waals surface area contributed by atoms with E-state index in [0.29, 0.717) is 6.04 Å². The van der Waals surface area contributed by atoms with Crippen LogP contribution in [0.2, 0.25) is 0 Å². The van der Waals surface area contributed by atoms with Crippen LogP contribution in [0.15, 0.2) is 0 Å². The molecule has 0 aromatic heterocycles. The molecule has 1 heterocycles. The summed E-state index contributed by atoms with van der Waals surface area (Å²) in [6.07, 6.45) is 11.3. The lowest BCUT2D eigenvalue weighted by Gasteiger charge is -2.36. The van der Waals surface area contributed by atoms with E-state index >= 15 is 0 Å². The molecule has 1 saturated heterocycles. The average molecular weight is 281 g/mol. The molecule has 20 heavy (non-hydrogen) atoms. The van der Waals surface area contributed by atoms with E-state index < -0.39 is 0 Å². The Balaban J connectivity index is 1.74. The molecule has 1 unspecified atom stereocenters. The lowest BCUT2D eigenvalue weighted by molar-refractivity contribution is 0.133. The Labute approximate surface area is 125 Å². The first kappa shape index (κ1) is 16.3. The highest BCUT2D eigenvalue weighted by atomic mass is 15.1. The monoisotopic (exact) mass is 281 g/mol. The largest absolute Gasteiger partial charge is 0.329 e. The van der Waals surface area contributed by atoms with Gasteiger partial charge in [0.15, 0.2) is 0 Å². The minimum atomic E-state index is 0.609. The molecule has 0 radical (unpaired) electrons. The predicted molar refractivity (Wildman–Crippen MR) is 86.9 cm³/mol. The van der Waals surface area contributed by atoms with Crippen molar-refractivity contribution in [2.75, 3.05) is 40.3 Å². The van der Waals surface area contributed by atoms with E-state index in [1.807, 2.05) is 0 Å². The summed E-state index contributed by atoms with van der Waals surface area (Å²) >= 11 is 0. The molecule has 0 spiro atoms. The number of rotatable bonds is 6. The van der Waals surface area contributed by atoms with Gasteiger partial charge < -0.3 is 15.5 Å². The van der Waals surface area contributed by atoms with Crippen LogP contribution in [0.4, 0.5) is 0 Å². The number of hydrogen-bond acceptors (Lipinski definition) is 3. The van der Waals surface area contributed by atoms with Crippen molar-refractivity contribution in [3.63, 3.8) is 0 Å². The molecule has 0 bridgehead atoms. The smallest absolute Gasteiger partial charge is 0.0218 e. The number of nitrogens with zero attached hydrogens (tertiary/aromatic N) is 2. The van der Waals surface area contributed by atoms with E-state index in [0.717, 1.165) is 18.4 Å². The van der Waals surface area contributed by atoms with Crippen LogP contribution in [0.25, 0.3) is 0 Å². The highest BCUT2D eigenvalue weighted by molar-refractivity contribution is 4.79. The van der Waals surface area contributed by atoms with Crippen LogP contribution < -0.4 is 5.73 Å². The second kappa shape index (κ2) is 8.35. The maximum Gasteiger partial charge on any atom is 0.0218 e. The third-order valence-corrected chi connectivity index (χ3v) is 5.61. The summed E-state index contributed by atoms with van der Waals surface area (Å²) in [5.74, 6) is 1.83. The van der Waals surface area contributed by atoms with Crippen LogP contribution in [0, 0.1) is 11.8 Å². The summed E-state index contributed by atoms with van der Waals surface area (Å²) < 4.78 is 0. The van der Waals surface area contributed by atoms with Crippen molar-refractivity contribution in [1.29, 1.82) is 0 Å². The summed E-state index contributed by atoms with van der Waals surface area (Å²) in [7, 11) is 4.55. The first-order chi connectivity index (χ1) is 9.69. The fraction of sp³-hybridized carbons (Fsp3) is 1.00. The van der Waals surface area contributed by atoms with Crippen LogP contribution >= 0.6 is 0 Å².